The van der Waals surface area contributed by atoms with Gasteiger partial charge in [0.2, 0.25) is 0 Å². The van der Waals surface area contributed by atoms with Crippen LogP contribution in [0.2, 0.25) is 0 Å². The van der Waals surface area contributed by atoms with E-state index in [4.69, 9.17) is 0 Å². The topological polar surface area (TPSA) is 32.3 Å². The Labute approximate surface area is 101 Å². The van der Waals surface area contributed by atoms with Crippen LogP contribution in [0.5, 0.6) is 0 Å². The van der Waals surface area contributed by atoms with E-state index in [1.807, 2.05) is 36.1 Å². The second-order valence-corrected chi connectivity index (χ2v) is 4.06. The number of carbonyl (C=O) groups excluding carboxylic acids is 1. The maximum atomic E-state index is 11.9. The van der Waals surface area contributed by atoms with Crippen molar-refractivity contribution in [1.29, 1.82) is 0 Å². The van der Waals surface area contributed by atoms with Crippen LogP contribution in [0.3, 0.4) is 0 Å². The van der Waals surface area contributed by atoms with Gasteiger partial charge in [-0.2, -0.15) is 0 Å². The molecular weight excluding hydrogens is 212 g/mol. The summed E-state index contributed by atoms with van der Waals surface area (Å²) in [4.78, 5) is 14.0. The van der Waals surface area contributed by atoms with E-state index in [2.05, 4.69) is 11.9 Å². The second kappa shape index (κ2) is 4.87. The number of ketones is 1. The van der Waals surface area contributed by atoms with Gasteiger partial charge in [0.1, 0.15) is 0 Å². The van der Waals surface area contributed by atoms with Crippen molar-refractivity contribution in [2.75, 3.05) is 23.4 Å². The molecule has 0 bridgehead atoms. The van der Waals surface area contributed by atoms with Crippen LogP contribution in [0, 0.1) is 0 Å². The number of fused-ring (bicyclic) bond motifs is 1. The zero-order valence-corrected chi connectivity index (χ0v) is 9.94. The van der Waals surface area contributed by atoms with E-state index in [-0.39, 0.29) is 5.78 Å². The number of Topliss-reactive ketones (excluding diaryl/α,β-unsaturated/α-hetero) is 1. The van der Waals surface area contributed by atoms with Crippen LogP contribution >= 0.6 is 0 Å². The lowest BCUT2D eigenvalue weighted by molar-refractivity contribution is -0.114. The van der Waals surface area contributed by atoms with Crippen LogP contribution in [0.1, 0.15) is 6.92 Å². The minimum absolute atomic E-state index is 0.128. The predicted octanol–water partition coefficient (Wildman–Crippen LogP) is 2.58. The van der Waals surface area contributed by atoms with Crippen molar-refractivity contribution in [2.45, 2.75) is 6.92 Å². The van der Waals surface area contributed by atoms with Crippen LogP contribution in [0.25, 0.3) is 0 Å². The van der Waals surface area contributed by atoms with Crippen molar-refractivity contribution in [3.8, 4) is 0 Å². The molecule has 0 aliphatic carbocycles. The fourth-order valence-corrected chi connectivity index (χ4v) is 1.87. The first-order valence-corrected chi connectivity index (χ1v) is 5.62. The molecule has 3 nitrogen and oxygen atoms in total. The van der Waals surface area contributed by atoms with Gasteiger partial charge in [0.25, 0.3) is 0 Å². The van der Waals surface area contributed by atoms with Gasteiger partial charge in [-0.05, 0) is 24.6 Å². The normalized spacial score (nSPS) is 14.2. The predicted molar refractivity (Wildman–Crippen MR) is 71.2 cm³/mol. The Hall–Kier alpha value is -2.03. The monoisotopic (exact) mass is 228 g/mol. The number of para-hydroxylation sites is 2. The van der Waals surface area contributed by atoms with Gasteiger partial charge >= 0.3 is 0 Å². The van der Waals surface area contributed by atoms with Gasteiger partial charge in [-0.25, -0.2) is 0 Å². The van der Waals surface area contributed by atoms with Gasteiger partial charge in [0.05, 0.1) is 24.6 Å². The molecule has 3 heteroatoms. The first-order valence-electron chi connectivity index (χ1n) is 5.62. The van der Waals surface area contributed by atoms with Crippen LogP contribution in [-0.2, 0) is 4.79 Å². The van der Waals surface area contributed by atoms with Crippen LogP contribution < -0.4 is 10.2 Å². The minimum Gasteiger partial charge on any atom is -0.366 e. The van der Waals surface area contributed by atoms with Gasteiger partial charge in [-0.3, -0.25) is 4.79 Å². The molecule has 88 valence electrons. The molecule has 0 aromatic heterocycles. The first-order chi connectivity index (χ1) is 8.22. The molecule has 0 saturated carbocycles. The van der Waals surface area contributed by atoms with Gasteiger partial charge in [0.15, 0.2) is 5.78 Å². The van der Waals surface area contributed by atoms with Crippen LogP contribution in [0.15, 0.2) is 48.6 Å². The summed E-state index contributed by atoms with van der Waals surface area (Å²) in [6.45, 7) is 6.51. The van der Waals surface area contributed by atoms with E-state index in [0.717, 1.165) is 16.9 Å². The van der Waals surface area contributed by atoms with Crippen LogP contribution in [0.4, 0.5) is 11.4 Å². The number of nitrogens with zero attached hydrogens (tertiary/aromatic N) is 1. The van der Waals surface area contributed by atoms with Crippen LogP contribution in [-0.4, -0.2) is 19.0 Å². The number of carbonyl (C=O) groups is 1. The molecule has 0 saturated heterocycles. The summed E-state index contributed by atoms with van der Waals surface area (Å²) in [6, 6.07) is 8.01. The van der Waals surface area contributed by atoms with Gasteiger partial charge in [-0.15, -0.1) is 0 Å². The Bertz CT molecular complexity index is 477. The molecule has 1 aliphatic rings. The zero-order chi connectivity index (χ0) is 12.3. The molecule has 0 unspecified atom stereocenters. The Morgan fingerprint density at radius 2 is 2.29 bits per heavy atom. The Kier molecular flexibility index (Phi) is 3.28. The summed E-state index contributed by atoms with van der Waals surface area (Å²) in [5.74, 6) is 0.128. The van der Waals surface area contributed by atoms with Crippen molar-refractivity contribution in [3.05, 3.63) is 48.6 Å². The van der Waals surface area contributed by atoms with E-state index in [0.29, 0.717) is 13.2 Å². The van der Waals surface area contributed by atoms with Gasteiger partial charge in [-0.1, -0.05) is 30.9 Å². The van der Waals surface area contributed by atoms with E-state index in [1.54, 1.807) is 12.2 Å². The Morgan fingerprint density at radius 3 is 3.06 bits per heavy atom. The highest BCUT2D eigenvalue weighted by molar-refractivity contribution is 5.99. The first kappa shape index (κ1) is 11.5. The zero-order valence-electron chi connectivity index (χ0n) is 9.94. The lowest BCUT2D eigenvalue weighted by atomic mass is 10.1. The third-order valence-electron chi connectivity index (χ3n) is 2.85. The maximum Gasteiger partial charge on any atom is 0.177 e. The van der Waals surface area contributed by atoms with Gasteiger partial charge < -0.3 is 10.2 Å². The largest absolute Gasteiger partial charge is 0.366 e. The molecule has 2 rings (SSSR count). The number of benzene rings is 1. The highest BCUT2D eigenvalue weighted by atomic mass is 16.1. The average molecular weight is 228 g/mol. The minimum atomic E-state index is 0.128. The number of anilines is 2. The van der Waals surface area contributed by atoms with E-state index in [9.17, 15) is 4.79 Å². The smallest absolute Gasteiger partial charge is 0.177 e. The number of allylic oxidation sites excluding steroid dienone is 2. The van der Waals surface area contributed by atoms with Crippen molar-refractivity contribution in [1.82, 2.24) is 0 Å². The summed E-state index contributed by atoms with van der Waals surface area (Å²) < 4.78 is 0. The number of nitrogens with one attached hydrogen (secondary N) is 1. The van der Waals surface area contributed by atoms with E-state index >= 15 is 0 Å². The third kappa shape index (κ3) is 2.38. The maximum absolute atomic E-state index is 11.9. The van der Waals surface area contributed by atoms with Crippen molar-refractivity contribution in [3.63, 3.8) is 0 Å². The Morgan fingerprint density at radius 1 is 1.53 bits per heavy atom. The molecule has 1 aliphatic heterocycles. The van der Waals surface area contributed by atoms with Crippen molar-refractivity contribution < 1.29 is 4.79 Å². The van der Waals surface area contributed by atoms with Crippen molar-refractivity contribution >= 4 is 17.2 Å². The summed E-state index contributed by atoms with van der Waals surface area (Å²) in [6.07, 6.45) is 3.39. The molecule has 0 atom stereocenters. The lowest BCUT2D eigenvalue weighted by Crippen LogP contribution is -2.29. The quantitative estimate of drug-likeness (QED) is 0.635. The standard InChI is InChI=1S/C14H16N2O/c1-3-6-11(2)14(17)9-16-10-15-12-7-4-5-8-13(12)16/h3-8,15H,1,9-10H2,2H3. The highest BCUT2D eigenvalue weighted by Gasteiger charge is 2.20. The summed E-state index contributed by atoms with van der Waals surface area (Å²) in [5, 5.41) is 3.26. The molecule has 1 heterocycles. The summed E-state index contributed by atoms with van der Waals surface area (Å²) in [7, 11) is 0. The molecule has 1 aromatic rings. The molecule has 1 N–H and O–H groups in total. The van der Waals surface area contributed by atoms with Crippen molar-refractivity contribution in [2.24, 2.45) is 0 Å². The number of hydrogen-bond donors (Lipinski definition) is 1. The van der Waals surface area contributed by atoms with E-state index in [1.165, 1.54) is 0 Å². The SMILES string of the molecule is C=CC=C(C)C(=O)CN1CNc2ccccc21. The molecule has 0 radical (unpaired) electrons. The molecule has 0 spiro atoms. The Balaban J connectivity index is 2.10. The average Bonchev–Trinajstić information content (AvgIpc) is 2.73. The number of hydrogen-bond acceptors (Lipinski definition) is 3. The summed E-state index contributed by atoms with van der Waals surface area (Å²) in [5.41, 5.74) is 2.92. The molecule has 17 heavy (non-hydrogen) atoms. The lowest BCUT2D eigenvalue weighted by Gasteiger charge is -2.16. The fraction of sp³-hybridized carbons (Fsp3) is 0.214. The van der Waals surface area contributed by atoms with E-state index < -0.39 is 0 Å². The number of rotatable bonds is 4. The summed E-state index contributed by atoms with van der Waals surface area (Å²) >= 11 is 0. The molecule has 1 aromatic carbocycles. The third-order valence-corrected chi connectivity index (χ3v) is 2.85. The molecular formula is C14H16N2O. The highest BCUT2D eigenvalue weighted by Crippen LogP contribution is 2.30. The van der Waals surface area contributed by atoms with Gasteiger partial charge in [0, 0.05) is 0 Å². The molecule has 0 amide bonds. The fourth-order valence-electron chi connectivity index (χ4n) is 1.87. The molecule has 0 fully saturated rings. The second-order valence-electron chi connectivity index (χ2n) is 4.06.